The van der Waals surface area contributed by atoms with Gasteiger partial charge in [-0.05, 0) is 24.0 Å². The number of rotatable bonds is 7. The minimum atomic E-state index is -3.99. The first kappa shape index (κ1) is 17.5. The Balaban J connectivity index is 2.99. The largest absolute Gasteiger partial charge is 0.396 e. The second kappa shape index (κ2) is 6.46. The van der Waals surface area contributed by atoms with Gasteiger partial charge in [0.2, 0.25) is 15.8 Å². The third-order valence-electron chi connectivity index (χ3n) is 2.95. The van der Waals surface area contributed by atoms with Crippen molar-refractivity contribution in [2.75, 3.05) is 13.2 Å². The van der Waals surface area contributed by atoms with Crippen LogP contribution in [0.4, 0.5) is 10.1 Å². The lowest BCUT2D eigenvalue weighted by molar-refractivity contribution is -0.387. The summed E-state index contributed by atoms with van der Waals surface area (Å²) in [4.78, 5) is 9.26. The van der Waals surface area contributed by atoms with Crippen molar-refractivity contribution < 1.29 is 22.8 Å². The number of aliphatic hydroxyl groups is 1. The van der Waals surface area contributed by atoms with E-state index < -0.39 is 31.9 Å². The van der Waals surface area contributed by atoms with Crippen molar-refractivity contribution in [3.05, 3.63) is 34.1 Å². The smallest absolute Gasteiger partial charge is 0.306 e. The molecule has 0 atom stereocenters. The number of nitro benzene ring substituents is 1. The number of nitro groups is 1. The summed E-state index contributed by atoms with van der Waals surface area (Å²) in [6.07, 6.45) is 0.388. The first-order valence-corrected chi connectivity index (χ1v) is 7.62. The summed E-state index contributed by atoms with van der Waals surface area (Å²) in [5.74, 6) is -1.10. The number of aliphatic hydroxyl groups excluding tert-OH is 1. The lowest BCUT2D eigenvalue weighted by Gasteiger charge is -2.23. The van der Waals surface area contributed by atoms with Crippen molar-refractivity contribution in [3.8, 4) is 0 Å². The average Bonchev–Trinajstić information content (AvgIpc) is 2.36. The molecule has 2 N–H and O–H groups in total. The van der Waals surface area contributed by atoms with Crippen molar-refractivity contribution in [3.63, 3.8) is 0 Å². The van der Waals surface area contributed by atoms with Crippen LogP contribution in [0.1, 0.15) is 20.3 Å². The van der Waals surface area contributed by atoms with Gasteiger partial charge in [0.15, 0.2) is 0 Å². The topological polar surface area (TPSA) is 110 Å². The summed E-state index contributed by atoms with van der Waals surface area (Å²) in [5, 5.41) is 19.5. The van der Waals surface area contributed by atoms with E-state index in [4.69, 9.17) is 5.11 Å². The molecular weight excluding hydrogens is 303 g/mol. The Morgan fingerprint density at radius 1 is 1.43 bits per heavy atom. The van der Waals surface area contributed by atoms with Gasteiger partial charge >= 0.3 is 5.69 Å². The molecule has 0 amide bonds. The van der Waals surface area contributed by atoms with Gasteiger partial charge in [0.25, 0.3) is 0 Å². The molecule has 0 fully saturated rings. The highest BCUT2D eigenvalue weighted by atomic mass is 32.2. The summed E-state index contributed by atoms with van der Waals surface area (Å²) in [7, 11) is -3.99. The number of hydrogen-bond donors (Lipinski definition) is 2. The van der Waals surface area contributed by atoms with Gasteiger partial charge in [-0.1, -0.05) is 13.8 Å². The number of hydrogen-bond acceptors (Lipinski definition) is 5. The molecule has 9 heteroatoms. The van der Waals surface area contributed by atoms with Gasteiger partial charge in [0.05, 0.1) is 9.82 Å². The number of halogens is 1. The Bertz CT molecular complexity index is 631. The molecule has 0 saturated heterocycles. The molecular formula is C12H17FN2O5S. The molecule has 0 saturated carbocycles. The van der Waals surface area contributed by atoms with E-state index in [0.29, 0.717) is 12.5 Å². The molecule has 1 rings (SSSR count). The van der Waals surface area contributed by atoms with Crippen LogP contribution in [-0.2, 0) is 10.0 Å². The first-order valence-electron chi connectivity index (χ1n) is 6.13. The fourth-order valence-corrected chi connectivity index (χ4v) is 2.83. The summed E-state index contributed by atoms with van der Waals surface area (Å²) >= 11 is 0. The van der Waals surface area contributed by atoms with Crippen LogP contribution in [0, 0.1) is 21.3 Å². The van der Waals surface area contributed by atoms with Crippen LogP contribution in [0.3, 0.4) is 0 Å². The zero-order valence-electron chi connectivity index (χ0n) is 11.7. The Hall–Kier alpha value is -1.58. The van der Waals surface area contributed by atoms with E-state index in [1.807, 2.05) is 0 Å². The van der Waals surface area contributed by atoms with Crippen LogP contribution in [0.2, 0.25) is 0 Å². The molecule has 0 bridgehead atoms. The Morgan fingerprint density at radius 2 is 2.05 bits per heavy atom. The predicted molar refractivity (Wildman–Crippen MR) is 73.7 cm³/mol. The molecule has 118 valence electrons. The van der Waals surface area contributed by atoms with E-state index in [-0.39, 0.29) is 18.0 Å². The molecule has 21 heavy (non-hydrogen) atoms. The summed E-state index contributed by atoms with van der Waals surface area (Å²) < 4.78 is 39.6. The molecule has 7 nitrogen and oxygen atoms in total. The second-order valence-corrected chi connectivity index (χ2v) is 7.10. The molecule has 0 radical (unpaired) electrons. The first-order chi connectivity index (χ1) is 9.59. The summed E-state index contributed by atoms with van der Waals surface area (Å²) in [5.41, 5.74) is -1.37. The van der Waals surface area contributed by atoms with E-state index >= 15 is 0 Å². The molecule has 0 aliphatic rings. The lowest BCUT2D eigenvalue weighted by atomic mass is 9.90. The third kappa shape index (κ3) is 4.73. The van der Waals surface area contributed by atoms with Crippen LogP contribution in [-0.4, -0.2) is 31.6 Å². The maximum atomic E-state index is 13.2. The monoisotopic (exact) mass is 320 g/mol. The van der Waals surface area contributed by atoms with Crippen LogP contribution in [0.5, 0.6) is 0 Å². The van der Waals surface area contributed by atoms with Gasteiger partial charge < -0.3 is 5.11 Å². The molecule has 1 aromatic rings. The Labute approximate surface area is 122 Å². The number of nitrogens with one attached hydrogen (secondary N) is 1. The van der Waals surface area contributed by atoms with Gasteiger partial charge in [0.1, 0.15) is 0 Å². The van der Waals surface area contributed by atoms with Crippen LogP contribution >= 0.6 is 0 Å². The molecule has 0 aromatic heterocycles. The fourth-order valence-electron chi connectivity index (χ4n) is 1.56. The van der Waals surface area contributed by atoms with Crippen molar-refractivity contribution >= 4 is 15.7 Å². The van der Waals surface area contributed by atoms with E-state index in [1.165, 1.54) is 0 Å². The van der Waals surface area contributed by atoms with Crippen molar-refractivity contribution in [2.45, 2.75) is 25.2 Å². The highest BCUT2D eigenvalue weighted by molar-refractivity contribution is 7.89. The number of nitrogens with zero attached hydrogens (tertiary/aromatic N) is 1. The van der Waals surface area contributed by atoms with E-state index in [9.17, 15) is 22.9 Å². The molecule has 1 aromatic carbocycles. The second-order valence-electron chi connectivity index (χ2n) is 5.33. The van der Waals surface area contributed by atoms with E-state index in [1.54, 1.807) is 13.8 Å². The predicted octanol–water partition coefficient (Wildman–Crippen LogP) is 1.42. The highest BCUT2D eigenvalue weighted by Crippen LogP contribution is 2.23. The van der Waals surface area contributed by atoms with Crippen LogP contribution < -0.4 is 4.72 Å². The van der Waals surface area contributed by atoms with Crippen LogP contribution in [0.15, 0.2) is 23.1 Å². The van der Waals surface area contributed by atoms with E-state index in [2.05, 4.69) is 4.72 Å². The lowest BCUT2D eigenvalue weighted by Crippen LogP contribution is -2.34. The minimum absolute atomic E-state index is 0.0427. The highest BCUT2D eigenvalue weighted by Gasteiger charge is 2.24. The normalized spacial score (nSPS) is 12.4. The van der Waals surface area contributed by atoms with Gasteiger partial charge in [-0.25, -0.2) is 13.1 Å². The standard InChI is InChI=1S/C12H17FN2O5S/c1-12(2,5-6-16)8-14-21(19,20)9-3-4-10(13)11(7-9)15(17)18/h3-4,7,14,16H,5-6,8H2,1-2H3. The van der Waals surface area contributed by atoms with Gasteiger partial charge in [-0.3, -0.25) is 10.1 Å². The maximum absolute atomic E-state index is 13.2. The average molecular weight is 320 g/mol. The van der Waals surface area contributed by atoms with Gasteiger partial charge in [0, 0.05) is 19.2 Å². The Kier molecular flexibility index (Phi) is 5.37. The summed E-state index contributed by atoms with van der Waals surface area (Å²) in [6.45, 7) is 3.48. The molecule has 0 aliphatic carbocycles. The molecule has 0 aliphatic heterocycles. The van der Waals surface area contributed by atoms with Crippen molar-refractivity contribution in [1.29, 1.82) is 0 Å². The zero-order valence-corrected chi connectivity index (χ0v) is 12.5. The number of sulfonamides is 1. The number of benzene rings is 1. The zero-order chi connectivity index (χ0) is 16.3. The minimum Gasteiger partial charge on any atom is -0.396 e. The van der Waals surface area contributed by atoms with Crippen molar-refractivity contribution in [1.82, 2.24) is 4.72 Å². The molecule has 0 unspecified atom stereocenters. The fraction of sp³-hybridized carbons (Fsp3) is 0.500. The third-order valence-corrected chi connectivity index (χ3v) is 4.35. The molecule has 0 spiro atoms. The molecule has 0 heterocycles. The summed E-state index contributed by atoms with van der Waals surface area (Å²) in [6, 6.07) is 2.38. The van der Waals surface area contributed by atoms with Gasteiger partial charge in [-0.15, -0.1) is 0 Å². The van der Waals surface area contributed by atoms with Gasteiger partial charge in [-0.2, -0.15) is 4.39 Å². The SMILES string of the molecule is CC(C)(CCO)CNS(=O)(=O)c1ccc(F)c([N+](=O)[O-])c1. The van der Waals surface area contributed by atoms with Crippen molar-refractivity contribution in [2.24, 2.45) is 5.41 Å². The Morgan fingerprint density at radius 3 is 2.57 bits per heavy atom. The maximum Gasteiger partial charge on any atom is 0.306 e. The quantitative estimate of drug-likeness (QED) is 0.583. The van der Waals surface area contributed by atoms with E-state index in [0.717, 1.165) is 12.1 Å². The van der Waals surface area contributed by atoms with Crippen LogP contribution in [0.25, 0.3) is 0 Å².